The first-order chi connectivity index (χ1) is 11.1. The molecule has 0 aliphatic heterocycles. The van der Waals surface area contributed by atoms with Gasteiger partial charge in [0, 0.05) is 19.4 Å². The van der Waals surface area contributed by atoms with Crippen LogP contribution in [-0.4, -0.2) is 38.8 Å². The van der Waals surface area contributed by atoms with E-state index in [9.17, 15) is 4.79 Å². The number of amides is 1. The lowest BCUT2D eigenvalue weighted by atomic mass is 10.0. The van der Waals surface area contributed by atoms with E-state index in [2.05, 4.69) is 22.1 Å². The summed E-state index contributed by atoms with van der Waals surface area (Å²) < 4.78 is 0.718. The fraction of sp³-hybridized carbons (Fsp3) is 0.467. The first-order valence-corrected chi connectivity index (χ1v) is 9.29. The molecule has 0 saturated carbocycles. The molecule has 0 spiro atoms. The van der Waals surface area contributed by atoms with Crippen LogP contribution in [0, 0.1) is 0 Å². The van der Waals surface area contributed by atoms with Crippen LogP contribution in [0.1, 0.15) is 37.8 Å². The van der Waals surface area contributed by atoms with Crippen molar-refractivity contribution in [3.63, 3.8) is 0 Å². The van der Waals surface area contributed by atoms with Crippen LogP contribution in [0.4, 0.5) is 5.13 Å². The van der Waals surface area contributed by atoms with Crippen molar-refractivity contribution in [3.05, 3.63) is 30.1 Å². The number of carbonyl (C=O) groups is 1. The molecule has 2 rings (SSSR count). The summed E-state index contributed by atoms with van der Waals surface area (Å²) in [6.07, 6.45) is 6.68. The zero-order chi connectivity index (χ0) is 16.7. The van der Waals surface area contributed by atoms with Gasteiger partial charge < -0.3 is 10.6 Å². The fourth-order valence-corrected chi connectivity index (χ4v) is 3.79. The van der Waals surface area contributed by atoms with E-state index in [-0.39, 0.29) is 11.9 Å². The van der Waals surface area contributed by atoms with Gasteiger partial charge in [0.05, 0.1) is 11.8 Å². The van der Waals surface area contributed by atoms with Crippen LogP contribution in [0.5, 0.6) is 0 Å². The lowest BCUT2D eigenvalue weighted by molar-refractivity contribution is -0.129. The number of nitrogen functional groups attached to an aromatic ring is 1. The van der Waals surface area contributed by atoms with Gasteiger partial charge in [-0.1, -0.05) is 48.9 Å². The standard InChI is InChI=1S/C15H21N5OS2/c1-3-4-7-12(11-6-5-8-17-9-11)20(2)13(21)10-22-15-19-18-14(16)23-15/h5-6,8-9,12H,3-4,7,10H2,1-2H3,(H2,16,18). The lowest BCUT2D eigenvalue weighted by Gasteiger charge is -2.28. The number of rotatable bonds is 8. The molecule has 0 radical (unpaired) electrons. The first kappa shape index (κ1) is 17.7. The Morgan fingerprint density at radius 2 is 2.30 bits per heavy atom. The molecule has 2 aromatic rings. The maximum Gasteiger partial charge on any atom is 0.233 e. The smallest absolute Gasteiger partial charge is 0.233 e. The second kappa shape index (κ2) is 8.83. The number of nitrogens with two attached hydrogens (primary N) is 1. The lowest BCUT2D eigenvalue weighted by Crippen LogP contribution is -2.32. The molecule has 0 saturated heterocycles. The minimum Gasteiger partial charge on any atom is -0.374 e. The Labute approximate surface area is 144 Å². The molecule has 0 fully saturated rings. The van der Waals surface area contributed by atoms with Gasteiger partial charge in [-0.05, 0) is 18.1 Å². The predicted octanol–water partition coefficient (Wildman–Crippen LogP) is 3.00. The van der Waals surface area contributed by atoms with Crippen LogP contribution >= 0.6 is 23.1 Å². The molecule has 0 aliphatic rings. The Balaban J connectivity index is 2.00. The van der Waals surface area contributed by atoms with Crippen LogP contribution in [-0.2, 0) is 4.79 Å². The molecule has 23 heavy (non-hydrogen) atoms. The topological polar surface area (TPSA) is 85.0 Å². The highest BCUT2D eigenvalue weighted by Gasteiger charge is 2.21. The molecule has 2 aromatic heterocycles. The summed E-state index contributed by atoms with van der Waals surface area (Å²) in [6.45, 7) is 2.15. The van der Waals surface area contributed by atoms with E-state index in [0.717, 1.165) is 29.2 Å². The number of nitrogens with zero attached hydrogens (tertiary/aromatic N) is 4. The minimum absolute atomic E-state index is 0.0521. The van der Waals surface area contributed by atoms with Crippen LogP contribution in [0.25, 0.3) is 0 Å². The van der Waals surface area contributed by atoms with Crippen molar-refractivity contribution in [3.8, 4) is 0 Å². The molecule has 1 amide bonds. The summed E-state index contributed by atoms with van der Waals surface area (Å²) in [6, 6.07) is 3.98. The van der Waals surface area contributed by atoms with Crippen molar-refractivity contribution < 1.29 is 4.79 Å². The Kier molecular flexibility index (Phi) is 6.79. The van der Waals surface area contributed by atoms with Gasteiger partial charge in [0.2, 0.25) is 11.0 Å². The van der Waals surface area contributed by atoms with Crippen LogP contribution < -0.4 is 5.73 Å². The first-order valence-electron chi connectivity index (χ1n) is 7.49. The van der Waals surface area contributed by atoms with Crippen molar-refractivity contribution in [2.24, 2.45) is 0 Å². The highest BCUT2D eigenvalue weighted by atomic mass is 32.2. The van der Waals surface area contributed by atoms with Crippen molar-refractivity contribution >= 4 is 34.1 Å². The third-order valence-corrected chi connectivity index (χ3v) is 5.37. The Bertz CT molecular complexity index is 619. The van der Waals surface area contributed by atoms with E-state index in [0.29, 0.717) is 10.9 Å². The summed E-state index contributed by atoms with van der Waals surface area (Å²) in [5.41, 5.74) is 6.62. The molecule has 0 bridgehead atoms. The highest BCUT2D eigenvalue weighted by Crippen LogP contribution is 2.27. The van der Waals surface area contributed by atoms with Gasteiger partial charge in [0.15, 0.2) is 4.34 Å². The fourth-order valence-electron chi connectivity index (χ4n) is 2.23. The largest absolute Gasteiger partial charge is 0.374 e. The monoisotopic (exact) mass is 351 g/mol. The second-order valence-corrected chi connectivity index (χ2v) is 7.38. The molecule has 1 unspecified atom stereocenters. The van der Waals surface area contributed by atoms with Gasteiger partial charge in [-0.15, -0.1) is 10.2 Å². The molecule has 1 atom stereocenters. The summed E-state index contributed by atoms with van der Waals surface area (Å²) in [4.78, 5) is 18.5. The normalized spacial score (nSPS) is 12.1. The van der Waals surface area contributed by atoms with Gasteiger partial charge >= 0.3 is 0 Å². The second-order valence-electron chi connectivity index (χ2n) is 5.14. The maximum absolute atomic E-state index is 12.5. The number of aromatic nitrogens is 3. The zero-order valence-corrected chi connectivity index (χ0v) is 14.9. The van der Waals surface area contributed by atoms with E-state index >= 15 is 0 Å². The number of hydrogen-bond donors (Lipinski definition) is 1. The summed E-state index contributed by atoms with van der Waals surface area (Å²) in [7, 11) is 1.85. The van der Waals surface area contributed by atoms with E-state index in [4.69, 9.17) is 5.73 Å². The van der Waals surface area contributed by atoms with Crippen molar-refractivity contribution in [1.82, 2.24) is 20.1 Å². The third-order valence-electron chi connectivity index (χ3n) is 3.50. The number of unbranched alkanes of at least 4 members (excludes halogenated alkanes) is 1. The van der Waals surface area contributed by atoms with Crippen LogP contribution in [0.15, 0.2) is 28.9 Å². The minimum atomic E-state index is 0.0521. The van der Waals surface area contributed by atoms with E-state index in [1.165, 1.54) is 23.1 Å². The van der Waals surface area contributed by atoms with Crippen LogP contribution in [0.2, 0.25) is 0 Å². The number of anilines is 1. The third kappa shape index (κ3) is 5.18. The Morgan fingerprint density at radius 3 is 2.91 bits per heavy atom. The highest BCUT2D eigenvalue weighted by molar-refractivity contribution is 8.01. The molecule has 0 aliphatic carbocycles. The molecule has 2 N–H and O–H groups in total. The van der Waals surface area contributed by atoms with Crippen molar-refractivity contribution in [2.45, 2.75) is 36.6 Å². The molecular formula is C15H21N5OS2. The number of hydrogen-bond acceptors (Lipinski definition) is 7. The van der Waals surface area contributed by atoms with Crippen LogP contribution in [0.3, 0.4) is 0 Å². The molecule has 2 heterocycles. The van der Waals surface area contributed by atoms with Gasteiger partial charge in [0.1, 0.15) is 0 Å². The SMILES string of the molecule is CCCCC(c1cccnc1)N(C)C(=O)CSc1nnc(N)s1. The van der Waals surface area contributed by atoms with Crippen molar-refractivity contribution in [1.29, 1.82) is 0 Å². The summed E-state index contributed by atoms with van der Waals surface area (Å²) in [5, 5.41) is 8.10. The molecule has 0 aromatic carbocycles. The predicted molar refractivity (Wildman–Crippen MR) is 94.3 cm³/mol. The van der Waals surface area contributed by atoms with E-state index in [1.54, 1.807) is 6.20 Å². The number of pyridine rings is 1. The zero-order valence-electron chi connectivity index (χ0n) is 13.3. The Morgan fingerprint density at radius 1 is 1.48 bits per heavy atom. The van der Waals surface area contributed by atoms with Gasteiger partial charge in [-0.25, -0.2) is 0 Å². The number of carbonyl (C=O) groups excluding carboxylic acids is 1. The molecule has 124 valence electrons. The van der Waals surface area contributed by atoms with Gasteiger partial charge in [-0.3, -0.25) is 9.78 Å². The summed E-state index contributed by atoms with van der Waals surface area (Å²) >= 11 is 2.67. The summed E-state index contributed by atoms with van der Waals surface area (Å²) in [5.74, 6) is 0.391. The van der Waals surface area contributed by atoms with E-state index in [1.807, 2.05) is 30.3 Å². The van der Waals surface area contributed by atoms with Gasteiger partial charge in [0.25, 0.3) is 0 Å². The van der Waals surface area contributed by atoms with Gasteiger partial charge in [-0.2, -0.15) is 0 Å². The molecule has 8 heteroatoms. The quantitative estimate of drug-likeness (QED) is 0.736. The molecular weight excluding hydrogens is 330 g/mol. The average molecular weight is 352 g/mol. The van der Waals surface area contributed by atoms with E-state index < -0.39 is 0 Å². The van der Waals surface area contributed by atoms with Crippen molar-refractivity contribution in [2.75, 3.05) is 18.5 Å². The Hall–Kier alpha value is -1.67. The number of thioether (sulfide) groups is 1. The maximum atomic E-state index is 12.5. The molecule has 6 nitrogen and oxygen atoms in total. The average Bonchev–Trinajstić information content (AvgIpc) is 2.99.